The van der Waals surface area contributed by atoms with E-state index in [9.17, 15) is 22.9 Å². The highest BCUT2D eigenvalue weighted by atomic mass is 127. The number of anilines is 1. The Hall–Kier alpha value is -1.75. The summed E-state index contributed by atoms with van der Waals surface area (Å²) in [7, 11) is -3.99. The molecule has 21 heavy (non-hydrogen) atoms. The number of nitro groups is 1. The lowest BCUT2D eigenvalue weighted by Crippen LogP contribution is -2.14. The normalized spacial score (nSPS) is 11.1. The van der Waals surface area contributed by atoms with Crippen molar-refractivity contribution >= 4 is 44.0 Å². The lowest BCUT2D eigenvalue weighted by Gasteiger charge is -2.09. The van der Waals surface area contributed by atoms with E-state index >= 15 is 0 Å². The van der Waals surface area contributed by atoms with Gasteiger partial charge in [0.05, 0.1) is 15.5 Å². The predicted octanol–water partition coefficient (Wildman–Crippen LogP) is 3.14. The van der Waals surface area contributed by atoms with Crippen LogP contribution in [0.15, 0.2) is 47.4 Å². The summed E-state index contributed by atoms with van der Waals surface area (Å²) in [6.07, 6.45) is 0. The van der Waals surface area contributed by atoms with Gasteiger partial charge in [-0.15, -0.1) is 0 Å². The molecule has 0 fully saturated rings. The number of nitrogens with one attached hydrogen (secondary N) is 1. The van der Waals surface area contributed by atoms with Gasteiger partial charge in [-0.2, -0.15) is 0 Å². The SMILES string of the molecule is O=[N+]([O-])c1cccc(S(=O)(=O)Nc2ccc(F)cc2I)c1. The molecule has 0 aliphatic carbocycles. The second-order valence-electron chi connectivity index (χ2n) is 3.98. The Morgan fingerprint density at radius 2 is 1.90 bits per heavy atom. The molecule has 2 aromatic carbocycles. The van der Waals surface area contributed by atoms with Crippen molar-refractivity contribution in [3.05, 3.63) is 62.0 Å². The molecular formula is C12H8FIN2O4S. The summed E-state index contributed by atoms with van der Waals surface area (Å²) in [5.41, 5.74) is -0.129. The van der Waals surface area contributed by atoms with Crippen molar-refractivity contribution in [2.75, 3.05) is 4.72 Å². The molecule has 0 radical (unpaired) electrons. The second-order valence-corrected chi connectivity index (χ2v) is 6.83. The zero-order valence-corrected chi connectivity index (χ0v) is 13.3. The first-order valence-electron chi connectivity index (χ1n) is 5.52. The topological polar surface area (TPSA) is 89.3 Å². The number of rotatable bonds is 4. The third-order valence-corrected chi connectivity index (χ3v) is 4.77. The van der Waals surface area contributed by atoms with Gasteiger partial charge in [0.2, 0.25) is 0 Å². The minimum absolute atomic E-state index is 0.198. The van der Waals surface area contributed by atoms with Gasteiger partial charge in [-0.25, -0.2) is 12.8 Å². The quantitative estimate of drug-likeness (QED) is 0.466. The smallest absolute Gasteiger partial charge is 0.270 e. The number of hydrogen-bond acceptors (Lipinski definition) is 4. The fourth-order valence-electron chi connectivity index (χ4n) is 1.54. The van der Waals surface area contributed by atoms with E-state index in [0.717, 1.165) is 12.1 Å². The number of benzene rings is 2. The maximum absolute atomic E-state index is 13.0. The van der Waals surface area contributed by atoms with Crippen molar-refractivity contribution in [2.24, 2.45) is 0 Å². The van der Waals surface area contributed by atoms with Gasteiger partial charge in [0.15, 0.2) is 0 Å². The van der Waals surface area contributed by atoms with Crippen LogP contribution in [0.25, 0.3) is 0 Å². The van der Waals surface area contributed by atoms with Crippen LogP contribution >= 0.6 is 22.6 Å². The average molecular weight is 422 g/mol. The Bertz CT molecular complexity index is 811. The van der Waals surface area contributed by atoms with Gasteiger partial charge < -0.3 is 0 Å². The average Bonchev–Trinajstić information content (AvgIpc) is 2.42. The van der Waals surface area contributed by atoms with E-state index < -0.39 is 20.8 Å². The molecule has 110 valence electrons. The molecule has 2 rings (SSSR count). The highest BCUT2D eigenvalue weighted by molar-refractivity contribution is 14.1. The fraction of sp³-hybridized carbons (Fsp3) is 0. The number of halogens is 2. The first kappa shape index (κ1) is 15.6. The zero-order valence-electron chi connectivity index (χ0n) is 10.3. The van der Waals surface area contributed by atoms with Gasteiger partial charge in [0.25, 0.3) is 15.7 Å². The molecule has 0 atom stereocenters. The molecule has 0 aromatic heterocycles. The van der Waals surface area contributed by atoms with Crippen LogP contribution in [0.5, 0.6) is 0 Å². The van der Waals surface area contributed by atoms with Crippen molar-refractivity contribution in [1.29, 1.82) is 0 Å². The molecule has 0 spiro atoms. The van der Waals surface area contributed by atoms with Crippen LogP contribution < -0.4 is 4.72 Å². The zero-order chi connectivity index (χ0) is 15.6. The van der Waals surface area contributed by atoms with E-state index in [1.807, 2.05) is 0 Å². The highest BCUT2D eigenvalue weighted by Gasteiger charge is 2.18. The summed E-state index contributed by atoms with van der Waals surface area (Å²) < 4.78 is 40.0. The van der Waals surface area contributed by atoms with Crippen LogP contribution in [0.2, 0.25) is 0 Å². The molecule has 0 amide bonds. The van der Waals surface area contributed by atoms with E-state index in [0.29, 0.717) is 3.57 Å². The standard InChI is InChI=1S/C12H8FIN2O4S/c13-8-4-5-12(11(14)6-8)15-21(19,20)10-3-1-2-9(7-10)16(17)18/h1-7,15H. The van der Waals surface area contributed by atoms with Gasteiger partial charge in [-0.3, -0.25) is 14.8 Å². The third kappa shape index (κ3) is 3.67. The van der Waals surface area contributed by atoms with Crippen molar-refractivity contribution in [1.82, 2.24) is 0 Å². The van der Waals surface area contributed by atoms with E-state index in [1.54, 1.807) is 22.6 Å². The molecular weight excluding hydrogens is 414 g/mol. The fourth-order valence-corrected chi connectivity index (χ4v) is 3.45. The summed E-state index contributed by atoms with van der Waals surface area (Å²) in [6, 6.07) is 8.25. The van der Waals surface area contributed by atoms with Gasteiger partial charge in [-0.1, -0.05) is 6.07 Å². The van der Waals surface area contributed by atoms with Crippen molar-refractivity contribution < 1.29 is 17.7 Å². The predicted molar refractivity (Wildman–Crippen MR) is 83.0 cm³/mol. The molecule has 0 aliphatic heterocycles. The largest absolute Gasteiger partial charge is 0.279 e. The van der Waals surface area contributed by atoms with Crippen LogP contribution in [0, 0.1) is 19.5 Å². The Morgan fingerprint density at radius 1 is 1.19 bits per heavy atom. The molecule has 6 nitrogen and oxygen atoms in total. The van der Waals surface area contributed by atoms with Gasteiger partial charge in [0, 0.05) is 15.7 Å². The monoisotopic (exact) mass is 422 g/mol. The van der Waals surface area contributed by atoms with Crippen molar-refractivity contribution in [3.63, 3.8) is 0 Å². The maximum Gasteiger partial charge on any atom is 0.270 e. The molecule has 0 heterocycles. The molecule has 0 unspecified atom stereocenters. The van der Waals surface area contributed by atoms with E-state index in [2.05, 4.69) is 4.72 Å². The van der Waals surface area contributed by atoms with Gasteiger partial charge in [0.1, 0.15) is 5.82 Å². The molecule has 1 N–H and O–H groups in total. The Labute approximate surface area is 133 Å². The number of hydrogen-bond donors (Lipinski definition) is 1. The van der Waals surface area contributed by atoms with Crippen LogP contribution in [0.4, 0.5) is 15.8 Å². The molecule has 9 heteroatoms. The number of nitro benzene ring substituents is 1. The van der Waals surface area contributed by atoms with E-state index in [-0.39, 0.29) is 16.3 Å². The minimum Gasteiger partial charge on any atom is -0.279 e. The van der Waals surface area contributed by atoms with Crippen LogP contribution in [0.1, 0.15) is 0 Å². The lowest BCUT2D eigenvalue weighted by molar-refractivity contribution is -0.385. The maximum atomic E-state index is 13.0. The Kier molecular flexibility index (Phi) is 4.42. The molecule has 0 saturated heterocycles. The number of nitrogens with zero attached hydrogens (tertiary/aromatic N) is 1. The van der Waals surface area contributed by atoms with Crippen molar-refractivity contribution in [2.45, 2.75) is 4.90 Å². The summed E-state index contributed by atoms with van der Waals surface area (Å²) in [4.78, 5) is 9.76. The van der Waals surface area contributed by atoms with Crippen LogP contribution in [0.3, 0.4) is 0 Å². The first-order valence-corrected chi connectivity index (χ1v) is 8.08. The first-order chi connectivity index (χ1) is 9.79. The lowest BCUT2D eigenvalue weighted by atomic mass is 10.3. The summed E-state index contributed by atoms with van der Waals surface area (Å²) in [6.45, 7) is 0. The highest BCUT2D eigenvalue weighted by Crippen LogP contribution is 2.24. The van der Waals surface area contributed by atoms with E-state index in [4.69, 9.17) is 0 Å². The molecule has 2 aromatic rings. The van der Waals surface area contributed by atoms with Crippen LogP contribution in [-0.4, -0.2) is 13.3 Å². The molecule has 0 saturated carbocycles. The molecule has 0 aliphatic rings. The summed E-state index contributed by atoms with van der Waals surface area (Å²) in [5.74, 6) is -0.488. The Balaban J connectivity index is 2.38. The van der Waals surface area contributed by atoms with E-state index in [1.165, 1.54) is 30.3 Å². The Morgan fingerprint density at radius 3 is 2.52 bits per heavy atom. The van der Waals surface area contributed by atoms with Crippen molar-refractivity contribution in [3.8, 4) is 0 Å². The van der Waals surface area contributed by atoms with Gasteiger partial charge >= 0.3 is 0 Å². The summed E-state index contributed by atoms with van der Waals surface area (Å²) >= 11 is 1.79. The van der Waals surface area contributed by atoms with Gasteiger partial charge in [-0.05, 0) is 46.9 Å². The third-order valence-electron chi connectivity index (χ3n) is 2.51. The minimum atomic E-state index is -3.99. The summed E-state index contributed by atoms with van der Waals surface area (Å²) in [5, 5.41) is 10.7. The van der Waals surface area contributed by atoms with Crippen LogP contribution in [-0.2, 0) is 10.0 Å². The molecule has 0 bridgehead atoms. The second kappa shape index (κ2) is 5.93. The number of non-ortho nitro benzene ring substituents is 1. The number of sulfonamides is 1.